The third-order valence-electron chi connectivity index (χ3n) is 7.95. The Morgan fingerprint density at radius 1 is 0.786 bits per heavy atom. The van der Waals surface area contributed by atoms with Gasteiger partial charge < -0.3 is 9.64 Å². The Labute approximate surface area is 251 Å². The molecule has 0 unspecified atom stereocenters. The molecule has 7 nitrogen and oxygen atoms in total. The Bertz CT molecular complexity index is 1620. The summed E-state index contributed by atoms with van der Waals surface area (Å²) in [7, 11) is -3.78. The van der Waals surface area contributed by atoms with Crippen molar-refractivity contribution in [3.63, 3.8) is 0 Å². The first-order valence-electron chi connectivity index (χ1n) is 14.1. The van der Waals surface area contributed by atoms with E-state index in [0.717, 1.165) is 18.7 Å². The number of anilines is 1. The lowest BCUT2D eigenvalue weighted by molar-refractivity contribution is -0.135. The SMILES string of the molecule is O=C(COc1ccc(S(=O)(=O)N2CCc3ccccc32)cc1Cl)N1CCN(C(c2ccccc2)c2ccccc2)CC1. The van der Waals surface area contributed by atoms with Gasteiger partial charge in [-0.1, -0.05) is 90.5 Å². The van der Waals surface area contributed by atoms with Crippen molar-refractivity contribution in [3.05, 3.63) is 125 Å². The maximum absolute atomic E-state index is 13.4. The normalized spacial score (nSPS) is 15.6. The number of nitrogens with zero attached hydrogens (tertiary/aromatic N) is 3. The van der Waals surface area contributed by atoms with E-state index in [2.05, 4.69) is 53.4 Å². The molecule has 9 heteroatoms. The van der Waals surface area contributed by atoms with E-state index in [9.17, 15) is 13.2 Å². The van der Waals surface area contributed by atoms with Crippen LogP contribution in [0.15, 0.2) is 108 Å². The number of carbonyl (C=O) groups is 1. The number of piperazine rings is 1. The van der Waals surface area contributed by atoms with E-state index in [-0.39, 0.29) is 34.2 Å². The van der Waals surface area contributed by atoms with Crippen molar-refractivity contribution in [2.24, 2.45) is 0 Å². The number of sulfonamides is 1. The van der Waals surface area contributed by atoms with Gasteiger partial charge in [0.1, 0.15) is 5.75 Å². The van der Waals surface area contributed by atoms with Crippen LogP contribution in [0.25, 0.3) is 0 Å². The largest absolute Gasteiger partial charge is 0.482 e. The molecule has 216 valence electrons. The van der Waals surface area contributed by atoms with Gasteiger partial charge in [-0.2, -0.15) is 0 Å². The van der Waals surface area contributed by atoms with Gasteiger partial charge in [-0.3, -0.25) is 14.0 Å². The zero-order valence-corrected chi connectivity index (χ0v) is 24.7. The van der Waals surface area contributed by atoms with Crippen LogP contribution in [-0.4, -0.2) is 63.5 Å². The molecule has 4 aromatic carbocycles. The minimum absolute atomic E-state index is 0.0883. The summed E-state index contributed by atoms with van der Waals surface area (Å²) in [6.45, 7) is 2.84. The fraction of sp³-hybridized carbons (Fsp3) is 0.242. The summed E-state index contributed by atoms with van der Waals surface area (Å²) < 4.78 is 33.9. The molecule has 1 amide bonds. The van der Waals surface area contributed by atoms with Gasteiger partial charge in [0.15, 0.2) is 6.61 Å². The van der Waals surface area contributed by atoms with E-state index in [1.165, 1.54) is 33.6 Å². The molecular formula is C33H32ClN3O4S. The smallest absolute Gasteiger partial charge is 0.264 e. The van der Waals surface area contributed by atoms with Gasteiger partial charge in [-0.25, -0.2) is 8.42 Å². The summed E-state index contributed by atoms with van der Waals surface area (Å²) >= 11 is 6.44. The van der Waals surface area contributed by atoms with E-state index >= 15 is 0 Å². The predicted molar refractivity (Wildman–Crippen MR) is 165 cm³/mol. The summed E-state index contributed by atoms with van der Waals surface area (Å²) in [4.78, 5) is 17.4. The summed E-state index contributed by atoms with van der Waals surface area (Å²) in [5, 5.41) is 0.148. The lowest BCUT2D eigenvalue weighted by Gasteiger charge is -2.39. The Kier molecular flexibility index (Phi) is 8.20. The highest BCUT2D eigenvalue weighted by atomic mass is 35.5. The van der Waals surface area contributed by atoms with Crippen molar-refractivity contribution in [2.75, 3.05) is 43.6 Å². The van der Waals surface area contributed by atoms with E-state index < -0.39 is 10.0 Å². The summed E-state index contributed by atoms with van der Waals surface area (Å²) in [6.07, 6.45) is 0.667. The lowest BCUT2D eigenvalue weighted by Crippen LogP contribution is -2.51. The molecule has 0 N–H and O–H groups in total. The standard InChI is InChI=1S/C33H32ClN3O4S/c34-29-23-28(42(39,40)37-18-17-25-9-7-8-14-30(25)37)15-16-31(29)41-24-32(38)35-19-21-36(22-20-35)33(26-10-3-1-4-11-26)27-12-5-2-6-13-27/h1-16,23,33H,17-22,24H2. The van der Waals surface area contributed by atoms with Crippen LogP contribution in [0.2, 0.25) is 5.02 Å². The molecule has 2 aliphatic heterocycles. The van der Waals surface area contributed by atoms with Crippen LogP contribution in [0, 0.1) is 0 Å². The van der Waals surface area contributed by atoms with Crippen LogP contribution in [-0.2, 0) is 21.2 Å². The van der Waals surface area contributed by atoms with E-state index in [1.54, 1.807) is 4.90 Å². The van der Waals surface area contributed by atoms with Crippen molar-refractivity contribution >= 4 is 33.2 Å². The number of halogens is 1. The Hall–Kier alpha value is -3.85. The third-order valence-corrected chi connectivity index (χ3v) is 10.1. The van der Waals surface area contributed by atoms with Crippen LogP contribution in [0.4, 0.5) is 5.69 Å². The molecule has 0 aromatic heterocycles. The van der Waals surface area contributed by atoms with Gasteiger partial charge in [-0.15, -0.1) is 0 Å². The van der Waals surface area contributed by atoms with Crippen LogP contribution in [0.1, 0.15) is 22.7 Å². The summed E-state index contributed by atoms with van der Waals surface area (Å²) in [5.41, 5.74) is 4.14. The van der Waals surface area contributed by atoms with E-state index in [4.69, 9.17) is 16.3 Å². The van der Waals surface area contributed by atoms with Crippen molar-refractivity contribution < 1.29 is 17.9 Å². The number of amides is 1. The molecule has 6 rings (SSSR count). The van der Waals surface area contributed by atoms with Gasteiger partial charge in [0.25, 0.3) is 15.9 Å². The predicted octanol–water partition coefficient (Wildman–Crippen LogP) is 5.40. The van der Waals surface area contributed by atoms with Crippen LogP contribution in [0.3, 0.4) is 0 Å². The van der Waals surface area contributed by atoms with E-state index in [0.29, 0.717) is 31.7 Å². The monoisotopic (exact) mass is 601 g/mol. The van der Waals surface area contributed by atoms with Crippen LogP contribution < -0.4 is 9.04 Å². The number of carbonyl (C=O) groups excluding carboxylic acids is 1. The number of hydrogen-bond donors (Lipinski definition) is 0. The highest BCUT2D eigenvalue weighted by Crippen LogP contribution is 2.35. The average molecular weight is 602 g/mol. The van der Waals surface area contributed by atoms with Crippen molar-refractivity contribution in [1.82, 2.24) is 9.80 Å². The van der Waals surface area contributed by atoms with Gasteiger partial charge in [0.05, 0.1) is 21.6 Å². The Morgan fingerprint density at radius 3 is 2.05 bits per heavy atom. The van der Waals surface area contributed by atoms with Crippen molar-refractivity contribution in [1.29, 1.82) is 0 Å². The molecule has 0 aliphatic carbocycles. The highest BCUT2D eigenvalue weighted by Gasteiger charge is 2.31. The molecule has 2 aliphatic rings. The second kappa shape index (κ2) is 12.2. The quantitative estimate of drug-likeness (QED) is 0.270. The first-order valence-corrected chi connectivity index (χ1v) is 15.9. The molecule has 0 radical (unpaired) electrons. The first-order chi connectivity index (χ1) is 20.4. The second-order valence-electron chi connectivity index (χ2n) is 10.5. The zero-order valence-electron chi connectivity index (χ0n) is 23.1. The van der Waals surface area contributed by atoms with E-state index in [1.807, 2.05) is 36.4 Å². The zero-order chi connectivity index (χ0) is 29.1. The number of benzene rings is 4. The van der Waals surface area contributed by atoms with Crippen LogP contribution in [0.5, 0.6) is 5.75 Å². The third kappa shape index (κ3) is 5.75. The van der Waals surface area contributed by atoms with Gasteiger partial charge in [0.2, 0.25) is 0 Å². The summed E-state index contributed by atoms with van der Waals surface area (Å²) in [5.74, 6) is 0.143. The van der Waals surface area contributed by atoms with Gasteiger partial charge >= 0.3 is 0 Å². The van der Waals surface area contributed by atoms with Crippen molar-refractivity contribution in [2.45, 2.75) is 17.4 Å². The summed E-state index contributed by atoms with van der Waals surface area (Å²) in [6, 6.07) is 32.9. The fourth-order valence-electron chi connectivity index (χ4n) is 5.79. The molecular weight excluding hydrogens is 570 g/mol. The number of fused-ring (bicyclic) bond motifs is 1. The maximum Gasteiger partial charge on any atom is 0.264 e. The average Bonchev–Trinajstić information content (AvgIpc) is 3.47. The molecule has 0 spiro atoms. The first kappa shape index (κ1) is 28.3. The maximum atomic E-state index is 13.4. The number of para-hydroxylation sites is 1. The molecule has 0 bridgehead atoms. The number of ether oxygens (including phenoxy) is 1. The molecule has 1 fully saturated rings. The molecule has 1 saturated heterocycles. The topological polar surface area (TPSA) is 70.2 Å². The second-order valence-corrected chi connectivity index (χ2v) is 12.7. The highest BCUT2D eigenvalue weighted by molar-refractivity contribution is 7.92. The molecule has 0 saturated carbocycles. The van der Waals surface area contributed by atoms with Gasteiger partial charge in [-0.05, 0) is 47.4 Å². The molecule has 42 heavy (non-hydrogen) atoms. The number of hydrogen-bond acceptors (Lipinski definition) is 5. The Balaban J connectivity index is 1.07. The van der Waals surface area contributed by atoms with Crippen molar-refractivity contribution in [3.8, 4) is 5.75 Å². The minimum Gasteiger partial charge on any atom is -0.482 e. The fourth-order valence-corrected chi connectivity index (χ4v) is 7.62. The minimum atomic E-state index is -3.78. The molecule has 0 atom stereocenters. The number of rotatable bonds is 8. The van der Waals surface area contributed by atoms with Crippen LogP contribution >= 0.6 is 11.6 Å². The molecule has 4 aromatic rings. The Morgan fingerprint density at radius 2 is 1.40 bits per heavy atom. The van der Waals surface area contributed by atoms with Gasteiger partial charge in [0, 0.05) is 32.7 Å². The molecule has 2 heterocycles. The lowest BCUT2D eigenvalue weighted by atomic mass is 9.96.